The number of amides is 2. The lowest BCUT2D eigenvalue weighted by Crippen LogP contribution is -2.55. The zero-order valence-corrected chi connectivity index (χ0v) is 23.7. The van der Waals surface area contributed by atoms with Crippen LogP contribution in [-0.2, 0) is 4.79 Å². The predicted molar refractivity (Wildman–Crippen MR) is 159 cm³/mol. The van der Waals surface area contributed by atoms with Gasteiger partial charge in [0, 0.05) is 22.9 Å². The van der Waals surface area contributed by atoms with E-state index in [4.69, 9.17) is 4.98 Å². The molecule has 0 radical (unpaired) electrons. The van der Waals surface area contributed by atoms with Crippen molar-refractivity contribution < 1.29 is 9.59 Å². The van der Waals surface area contributed by atoms with Crippen LogP contribution in [0.15, 0.2) is 42.5 Å². The fraction of sp³-hybridized carbons (Fsp3) is 0.571. The van der Waals surface area contributed by atoms with E-state index in [1.807, 2.05) is 42.5 Å². The van der Waals surface area contributed by atoms with Crippen molar-refractivity contribution in [3.05, 3.63) is 48.0 Å². The third kappa shape index (κ3) is 4.07. The number of anilines is 1. The molecule has 8 saturated carbocycles. The first-order valence-electron chi connectivity index (χ1n) is 16.2. The Kier molecular flexibility index (Phi) is 5.32. The summed E-state index contributed by atoms with van der Waals surface area (Å²) in [6.45, 7) is 0. The number of hydrogen-bond donors (Lipinski definition) is 3. The number of aromatic nitrogens is 2. The molecule has 8 aliphatic carbocycles. The van der Waals surface area contributed by atoms with E-state index in [0.717, 1.165) is 77.0 Å². The van der Waals surface area contributed by atoms with E-state index < -0.39 is 0 Å². The molecule has 8 aliphatic rings. The average molecular weight is 549 g/mol. The third-order valence-corrected chi connectivity index (χ3v) is 12.2. The lowest BCUT2D eigenvalue weighted by atomic mass is 9.49. The van der Waals surface area contributed by atoms with Crippen LogP contribution in [0, 0.1) is 46.8 Å². The molecule has 0 aliphatic heterocycles. The summed E-state index contributed by atoms with van der Waals surface area (Å²) >= 11 is 0. The molecule has 1 heterocycles. The molecular formula is C35H40N4O2. The Hall–Kier alpha value is -3.15. The van der Waals surface area contributed by atoms with Gasteiger partial charge in [0.1, 0.15) is 5.82 Å². The fourth-order valence-electron chi connectivity index (χ4n) is 11.0. The van der Waals surface area contributed by atoms with E-state index in [2.05, 4.69) is 15.6 Å². The molecule has 2 amide bonds. The number of fused-ring (bicyclic) bond motifs is 1. The van der Waals surface area contributed by atoms with Crippen molar-refractivity contribution in [2.45, 2.75) is 76.7 Å². The van der Waals surface area contributed by atoms with Gasteiger partial charge >= 0.3 is 0 Å². The lowest BCUT2D eigenvalue weighted by molar-refractivity contribution is -0.140. The van der Waals surface area contributed by atoms with Crippen molar-refractivity contribution in [1.29, 1.82) is 0 Å². The quantitative estimate of drug-likeness (QED) is 0.323. The molecule has 8 fully saturated rings. The first-order valence-corrected chi connectivity index (χ1v) is 16.2. The topological polar surface area (TPSA) is 86.9 Å². The van der Waals surface area contributed by atoms with Crippen LogP contribution in [-0.4, -0.2) is 27.8 Å². The van der Waals surface area contributed by atoms with Gasteiger partial charge in [-0.1, -0.05) is 0 Å². The SMILES string of the molecule is O=C(NC1C2CC3CC(C2)CC1C3)c1ccc2nc(-c3ccc(NC(=O)C45CC6CC(CC(C6)C4)C5)cc3)[nH]c2c1. The van der Waals surface area contributed by atoms with Crippen LogP contribution in [0.5, 0.6) is 0 Å². The second-order valence-electron chi connectivity index (χ2n) is 15.0. The molecule has 2 aromatic carbocycles. The molecule has 6 heteroatoms. The number of carbonyl (C=O) groups is 2. The molecule has 0 unspecified atom stereocenters. The van der Waals surface area contributed by atoms with Crippen LogP contribution in [0.1, 0.15) is 81.0 Å². The van der Waals surface area contributed by atoms with Gasteiger partial charge in [-0.3, -0.25) is 9.59 Å². The number of benzene rings is 2. The third-order valence-electron chi connectivity index (χ3n) is 12.2. The van der Waals surface area contributed by atoms with E-state index in [1.54, 1.807) is 0 Å². The fourth-order valence-corrected chi connectivity index (χ4v) is 11.0. The summed E-state index contributed by atoms with van der Waals surface area (Å²) in [6, 6.07) is 14.2. The van der Waals surface area contributed by atoms with E-state index in [1.165, 1.54) is 51.4 Å². The largest absolute Gasteiger partial charge is 0.349 e. The molecule has 41 heavy (non-hydrogen) atoms. The van der Waals surface area contributed by atoms with Crippen molar-refractivity contribution in [3.63, 3.8) is 0 Å². The van der Waals surface area contributed by atoms with Gasteiger partial charge in [-0.2, -0.15) is 0 Å². The number of imidazole rings is 1. The van der Waals surface area contributed by atoms with Gasteiger partial charge in [-0.25, -0.2) is 4.98 Å². The Morgan fingerprint density at radius 2 is 1.37 bits per heavy atom. The monoisotopic (exact) mass is 548 g/mol. The molecule has 11 rings (SSSR count). The van der Waals surface area contributed by atoms with Crippen LogP contribution in [0.4, 0.5) is 5.69 Å². The van der Waals surface area contributed by atoms with Crippen molar-refractivity contribution in [3.8, 4) is 11.4 Å². The number of hydrogen-bond acceptors (Lipinski definition) is 3. The van der Waals surface area contributed by atoms with Crippen LogP contribution >= 0.6 is 0 Å². The van der Waals surface area contributed by atoms with E-state index in [9.17, 15) is 9.59 Å². The molecule has 0 saturated heterocycles. The summed E-state index contributed by atoms with van der Waals surface area (Å²) in [6.07, 6.45) is 13.9. The van der Waals surface area contributed by atoms with Gasteiger partial charge in [0.2, 0.25) is 5.91 Å². The second-order valence-corrected chi connectivity index (χ2v) is 15.0. The van der Waals surface area contributed by atoms with Crippen LogP contribution < -0.4 is 10.6 Å². The highest BCUT2D eigenvalue weighted by Gasteiger charge is 2.54. The summed E-state index contributed by atoms with van der Waals surface area (Å²) in [4.78, 5) is 35.0. The molecule has 0 atom stereocenters. The molecule has 3 N–H and O–H groups in total. The molecule has 8 bridgehead atoms. The van der Waals surface area contributed by atoms with E-state index in [0.29, 0.717) is 23.4 Å². The van der Waals surface area contributed by atoms with Crippen LogP contribution in [0.2, 0.25) is 0 Å². The predicted octanol–water partition coefficient (Wildman–Crippen LogP) is 6.94. The van der Waals surface area contributed by atoms with Crippen molar-refractivity contribution in [1.82, 2.24) is 15.3 Å². The number of rotatable bonds is 5. The van der Waals surface area contributed by atoms with Gasteiger partial charge in [0.05, 0.1) is 16.4 Å². The summed E-state index contributed by atoms with van der Waals surface area (Å²) in [5, 5.41) is 6.70. The molecule has 3 aromatic rings. The number of nitrogens with one attached hydrogen (secondary N) is 3. The van der Waals surface area contributed by atoms with E-state index >= 15 is 0 Å². The Morgan fingerprint density at radius 3 is 2.00 bits per heavy atom. The Morgan fingerprint density at radius 1 is 0.756 bits per heavy atom. The molecular weight excluding hydrogens is 508 g/mol. The first kappa shape index (κ1) is 24.4. The van der Waals surface area contributed by atoms with Gasteiger partial charge < -0.3 is 15.6 Å². The van der Waals surface area contributed by atoms with Gasteiger partial charge in [0.15, 0.2) is 0 Å². The Labute approximate surface area is 241 Å². The van der Waals surface area contributed by atoms with E-state index in [-0.39, 0.29) is 17.2 Å². The van der Waals surface area contributed by atoms with Gasteiger partial charge in [0.25, 0.3) is 5.91 Å². The van der Waals surface area contributed by atoms with Gasteiger partial charge in [-0.05, 0) is 155 Å². The molecule has 0 spiro atoms. The minimum absolute atomic E-state index is 0.0413. The molecule has 212 valence electrons. The standard InChI is InChI=1S/C35H40N4O2/c40-33(39-31-26-11-19-7-20(13-26)14-27(31)12-19)25-3-6-29-30(15-25)38-32(37-29)24-1-4-28(5-2-24)36-34(41)35-16-21-8-22(17-35)10-23(9-21)18-35/h1-6,15,19-23,26-27,31H,7-14,16-18H2,(H,36,41)(H,37,38)(H,39,40). The first-order chi connectivity index (χ1) is 20.0. The zero-order chi connectivity index (χ0) is 27.3. The summed E-state index contributed by atoms with van der Waals surface area (Å²) in [5.41, 5.74) is 4.10. The zero-order valence-electron chi connectivity index (χ0n) is 23.7. The minimum atomic E-state index is -0.147. The molecule has 6 nitrogen and oxygen atoms in total. The maximum Gasteiger partial charge on any atom is 0.251 e. The van der Waals surface area contributed by atoms with Gasteiger partial charge in [-0.15, -0.1) is 0 Å². The Bertz CT molecular complexity index is 1470. The smallest absolute Gasteiger partial charge is 0.251 e. The highest BCUT2D eigenvalue weighted by atomic mass is 16.2. The maximum absolute atomic E-state index is 13.5. The van der Waals surface area contributed by atoms with Crippen molar-refractivity contribution >= 4 is 28.5 Å². The number of aromatic amines is 1. The Balaban J connectivity index is 0.890. The lowest BCUT2D eigenvalue weighted by Gasteiger charge is -2.55. The van der Waals surface area contributed by atoms with Crippen molar-refractivity contribution in [2.24, 2.45) is 46.8 Å². The highest BCUT2D eigenvalue weighted by Crippen LogP contribution is 2.60. The number of H-pyrrole nitrogens is 1. The van der Waals surface area contributed by atoms with Crippen LogP contribution in [0.25, 0.3) is 22.4 Å². The second kappa shape index (κ2) is 8.92. The maximum atomic E-state index is 13.5. The summed E-state index contributed by atoms with van der Waals surface area (Å²) in [5.74, 6) is 6.44. The normalized spacial score (nSPS) is 38.0. The van der Waals surface area contributed by atoms with Crippen molar-refractivity contribution in [2.75, 3.05) is 5.32 Å². The minimum Gasteiger partial charge on any atom is -0.349 e. The van der Waals surface area contributed by atoms with Crippen LogP contribution in [0.3, 0.4) is 0 Å². The molecule has 1 aromatic heterocycles. The summed E-state index contributed by atoms with van der Waals surface area (Å²) in [7, 11) is 0. The highest BCUT2D eigenvalue weighted by molar-refractivity contribution is 5.98. The number of nitrogens with zero attached hydrogens (tertiary/aromatic N) is 1. The number of carbonyl (C=O) groups excluding carboxylic acids is 2. The summed E-state index contributed by atoms with van der Waals surface area (Å²) < 4.78 is 0. The average Bonchev–Trinajstić information content (AvgIpc) is 3.38.